The third kappa shape index (κ3) is 10.2. The second-order valence-electron chi connectivity index (χ2n) is 3.48. The minimum atomic E-state index is 0.508. The lowest BCUT2D eigenvalue weighted by atomic mass is 10.1. The van der Waals surface area contributed by atoms with Crippen molar-refractivity contribution in [2.75, 3.05) is 39.6 Å². The fourth-order valence-corrected chi connectivity index (χ4v) is 1.21. The minimum Gasteiger partial charge on any atom is -0.379 e. The van der Waals surface area contributed by atoms with E-state index in [0.717, 1.165) is 6.61 Å². The normalized spacial score (nSPS) is 11.2. The van der Waals surface area contributed by atoms with Gasteiger partial charge in [0, 0.05) is 13.2 Å². The van der Waals surface area contributed by atoms with Gasteiger partial charge in [0.2, 0.25) is 0 Å². The van der Waals surface area contributed by atoms with Crippen molar-refractivity contribution in [2.24, 2.45) is 5.92 Å². The van der Waals surface area contributed by atoms with Gasteiger partial charge in [0.25, 0.3) is 0 Å². The maximum atomic E-state index is 5.51. The first-order valence-corrected chi connectivity index (χ1v) is 5.87. The van der Waals surface area contributed by atoms with Gasteiger partial charge in [-0.1, -0.05) is 26.7 Å². The van der Waals surface area contributed by atoms with Crippen LogP contribution in [0, 0.1) is 12.8 Å². The lowest BCUT2D eigenvalue weighted by molar-refractivity contribution is 0.0105. The Morgan fingerprint density at radius 1 is 0.867 bits per heavy atom. The van der Waals surface area contributed by atoms with Gasteiger partial charge in [-0.15, -0.1) is 0 Å². The molecule has 15 heavy (non-hydrogen) atoms. The zero-order valence-electron chi connectivity index (χ0n) is 10.2. The molecule has 0 rings (SSSR count). The van der Waals surface area contributed by atoms with E-state index in [2.05, 4.69) is 20.8 Å². The molecule has 0 atom stereocenters. The Labute approximate surface area is 94.1 Å². The van der Waals surface area contributed by atoms with E-state index in [0.29, 0.717) is 39.0 Å². The molecule has 3 heteroatoms. The summed E-state index contributed by atoms with van der Waals surface area (Å²) in [5.41, 5.74) is 0. The minimum absolute atomic E-state index is 0.508. The van der Waals surface area contributed by atoms with Gasteiger partial charge in [-0.05, 0) is 12.8 Å². The van der Waals surface area contributed by atoms with E-state index in [9.17, 15) is 0 Å². The van der Waals surface area contributed by atoms with Gasteiger partial charge in [-0.3, -0.25) is 0 Å². The van der Waals surface area contributed by atoms with E-state index < -0.39 is 0 Å². The zero-order valence-corrected chi connectivity index (χ0v) is 10.2. The predicted octanol–water partition coefficient (Wildman–Crippen LogP) is 2.31. The summed E-state index contributed by atoms with van der Waals surface area (Å²) in [5.74, 6) is 0.694. The molecule has 0 saturated carbocycles. The van der Waals surface area contributed by atoms with Crippen LogP contribution in [0.1, 0.15) is 26.7 Å². The Bertz CT molecular complexity index is 113. The molecule has 0 aliphatic carbocycles. The highest BCUT2D eigenvalue weighted by Crippen LogP contribution is 2.06. The molecule has 0 spiro atoms. The number of hydrogen-bond acceptors (Lipinski definition) is 3. The Kier molecular flexibility index (Phi) is 11.9. The van der Waals surface area contributed by atoms with Gasteiger partial charge in [0.1, 0.15) is 0 Å². The van der Waals surface area contributed by atoms with E-state index in [1.165, 1.54) is 12.8 Å². The van der Waals surface area contributed by atoms with E-state index in [-0.39, 0.29) is 0 Å². The molecule has 0 aromatic carbocycles. The first-order valence-electron chi connectivity index (χ1n) is 5.87. The number of ether oxygens (including phenoxy) is 3. The van der Waals surface area contributed by atoms with Gasteiger partial charge in [0.15, 0.2) is 0 Å². The SMILES string of the molecule is [CH2]COCCOCCOCC(CC)CC. The van der Waals surface area contributed by atoms with Crippen LogP contribution in [0.2, 0.25) is 0 Å². The van der Waals surface area contributed by atoms with Crippen molar-refractivity contribution in [3.63, 3.8) is 0 Å². The van der Waals surface area contributed by atoms with Crippen molar-refractivity contribution in [3.05, 3.63) is 6.92 Å². The highest BCUT2D eigenvalue weighted by molar-refractivity contribution is 4.51. The van der Waals surface area contributed by atoms with Crippen LogP contribution in [0.3, 0.4) is 0 Å². The standard InChI is InChI=1S/C12H25O3/c1-4-12(5-2)11-15-10-9-14-8-7-13-6-3/h12H,3-11H2,1-2H3. The zero-order chi connectivity index (χ0) is 11.4. The molecule has 0 heterocycles. The molecule has 0 saturated heterocycles. The van der Waals surface area contributed by atoms with Crippen molar-refractivity contribution in [1.82, 2.24) is 0 Å². The summed E-state index contributed by atoms with van der Waals surface area (Å²) in [6.45, 7) is 11.9. The molecule has 0 unspecified atom stereocenters. The summed E-state index contributed by atoms with van der Waals surface area (Å²) in [6.07, 6.45) is 2.38. The van der Waals surface area contributed by atoms with Crippen molar-refractivity contribution in [3.8, 4) is 0 Å². The molecule has 0 amide bonds. The van der Waals surface area contributed by atoms with Crippen LogP contribution in [0.4, 0.5) is 0 Å². The van der Waals surface area contributed by atoms with Gasteiger partial charge >= 0.3 is 0 Å². The molecule has 91 valence electrons. The molecular formula is C12H25O3. The van der Waals surface area contributed by atoms with E-state index in [1.54, 1.807) is 0 Å². The Morgan fingerprint density at radius 3 is 1.93 bits per heavy atom. The van der Waals surface area contributed by atoms with Crippen LogP contribution < -0.4 is 0 Å². The van der Waals surface area contributed by atoms with E-state index in [1.807, 2.05) is 0 Å². The highest BCUT2D eigenvalue weighted by Gasteiger charge is 2.02. The summed E-state index contributed by atoms with van der Waals surface area (Å²) in [5, 5.41) is 0. The maximum absolute atomic E-state index is 5.51. The van der Waals surface area contributed by atoms with Gasteiger partial charge in [-0.25, -0.2) is 0 Å². The number of hydrogen-bond donors (Lipinski definition) is 0. The van der Waals surface area contributed by atoms with Crippen LogP contribution >= 0.6 is 0 Å². The topological polar surface area (TPSA) is 27.7 Å². The molecular weight excluding hydrogens is 192 g/mol. The first-order chi connectivity index (χ1) is 7.35. The lowest BCUT2D eigenvalue weighted by Crippen LogP contribution is -2.13. The summed E-state index contributed by atoms with van der Waals surface area (Å²) < 4.78 is 15.8. The molecule has 0 aliphatic heterocycles. The average Bonchev–Trinajstić information content (AvgIpc) is 2.27. The van der Waals surface area contributed by atoms with E-state index in [4.69, 9.17) is 14.2 Å². The predicted molar refractivity (Wildman–Crippen MR) is 61.9 cm³/mol. The van der Waals surface area contributed by atoms with Crippen LogP contribution in [0.15, 0.2) is 0 Å². The Morgan fingerprint density at radius 2 is 1.40 bits per heavy atom. The van der Waals surface area contributed by atoms with Crippen LogP contribution in [-0.2, 0) is 14.2 Å². The third-order valence-electron chi connectivity index (χ3n) is 2.40. The number of rotatable bonds is 11. The fraction of sp³-hybridized carbons (Fsp3) is 0.917. The largest absolute Gasteiger partial charge is 0.379 e. The quantitative estimate of drug-likeness (QED) is 0.497. The van der Waals surface area contributed by atoms with Gasteiger partial charge in [0.05, 0.1) is 26.4 Å². The second-order valence-corrected chi connectivity index (χ2v) is 3.48. The van der Waals surface area contributed by atoms with E-state index >= 15 is 0 Å². The van der Waals surface area contributed by atoms with Crippen molar-refractivity contribution in [2.45, 2.75) is 26.7 Å². The third-order valence-corrected chi connectivity index (χ3v) is 2.40. The smallest absolute Gasteiger partial charge is 0.0701 e. The highest BCUT2D eigenvalue weighted by atomic mass is 16.5. The molecule has 0 bridgehead atoms. The molecule has 0 aliphatic rings. The van der Waals surface area contributed by atoms with Crippen LogP contribution in [0.25, 0.3) is 0 Å². The summed E-state index contributed by atoms with van der Waals surface area (Å²) >= 11 is 0. The van der Waals surface area contributed by atoms with Crippen LogP contribution in [0.5, 0.6) is 0 Å². The first kappa shape index (κ1) is 14.9. The molecule has 0 aromatic heterocycles. The molecule has 3 nitrogen and oxygen atoms in total. The van der Waals surface area contributed by atoms with Crippen molar-refractivity contribution in [1.29, 1.82) is 0 Å². The molecule has 0 aromatic rings. The molecule has 0 fully saturated rings. The molecule has 0 N–H and O–H groups in total. The lowest BCUT2D eigenvalue weighted by Gasteiger charge is -2.12. The van der Waals surface area contributed by atoms with Gasteiger partial charge < -0.3 is 14.2 Å². The van der Waals surface area contributed by atoms with Crippen LogP contribution in [-0.4, -0.2) is 39.6 Å². The Hall–Kier alpha value is -0.120. The van der Waals surface area contributed by atoms with Gasteiger partial charge in [-0.2, -0.15) is 0 Å². The molecule has 1 radical (unpaired) electrons. The second kappa shape index (κ2) is 12.0. The van der Waals surface area contributed by atoms with Crippen molar-refractivity contribution >= 4 is 0 Å². The summed E-state index contributed by atoms with van der Waals surface area (Å²) in [4.78, 5) is 0. The monoisotopic (exact) mass is 217 g/mol. The summed E-state index contributed by atoms with van der Waals surface area (Å²) in [6, 6.07) is 0. The maximum Gasteiger partial charge on any atom is 0.0701 e. The average molecular weight is 217 g/mol. The fourth-order valence-electron chi connectivity index (χ4n) is 1.21. The summed E-state index contributed by atoms with van der Waals surface area (Å²) in [7, 11) is 0. The Balaban J connectivity index is 3.04. The van der Waals surface area contributed by atoms with Crippen molar-refractivity contribution < 1.29 is 14.2 Å².